The van der Waals surface area contributed by atoms with Crippen molar-refractivity contribution in [1.29, 1.82) is 0 Å². The molecule has 116 valence electrons. The Balaban J connectivity index is 2.30. The summed E-state index contributed by atoms with van der Waals surface area (Å²) in [4.78, 5) is 11.7. The number of methoxy groups -OCH3 is 2. The van der Waals surface area contributed by atoms with Crippen LogP contribution in [0.15, 0.2) is 48.5 Å². The van der Waals surface area contributed by atoms with Crippen molar-refractivity contribution in [2.24, 2.45) is 0 Å². The highest BCUT2D eigenvalue weighted by molar-refractivity contribution is 5.64. The molecule has 0 heterocycles. The normalized spacial score (nSPS) is 13.2. The molecular formula is C19H22O3. The van der Waals surface area contributed by atoms with Gasteiger partial charge in [0.25, 0.3) is 0 Å². The minimum atomic E-state index is -0.163. The van der Waals surface area contributed by atoms with Crippen molar-refractivity contribution in [3.63, 3.8) is 0 Å². The predicted molar refractivity (Wildman–Crippen MR) is 87.8 cm³/mol. The van der Waals surface area contributed by atoms with Gasteiger partial charge in [-0.15, -0.1) is 0 Å². The summed E-state index contributed by atoms with van der Waals surface area (Å²) in [5.41, 5.74) is 2.16. The van der Waals surface area contributed by atoms with Crippen LogP contribution in [0.5, 0.6) is 11.5 Å². The van der Waals surface area contributed by atoms with E-state index in [2.05, 4.69) is 6.92 Å². The molecule has 0 bridgehead atoms. The fourth-order valence-electron chi connectivity index (χ4n) is 2.78. The van der Waals surface area contributed by atoms with Crippen molar-refractivity contribution in [1.82, 2.24) is 0 Å². The Labute approximate surface area is 131 Å². The molecule has 0 aliphatic carbocycles. The Bertz CT molecular complexity index is 587. The molecule has 0 aliphatic heterocycles. The van der Waals surface area contributed by atoms with E-state index in [9.17, 15) is 4.79 Å². The van der Waals surface area contributed by atoms with Gasteiger partial charge in [0, 0.05) is 5.92 Å². The third-order valence-corrected chi connectivity index (χ3v) is 4.06. The number of ether oxygens (including phenoxy) is 2. The fraction of sp³-hybridized carbons (Fsp3) is 0.316. The Kier molecular flexibility index (Phi) is 5.59. The lowest BCUT2D eigenvalue weighted by Gasteiger charge is -2.23. The lowest BCUT2D eigenvalue weighted by molar-refractivity contribution is -0.109. The van der Waals surface area contributed by atoms with Crippen molar-refractivity contribution >= 4 is 6.29 Å². The summed E-state index contributed by atoms with van der Waals surface area (Å²) in [6.45, 7) is 2.11. The molecule has 0 radical (unpaired) electrons. The monoisotopic (exact) mass is 298 g/mol. The van der Waals surface area contributed by atoms with Crippen LogP contribution < -0.4 is 9.47 Å². The highest BCUT2D eigenvalue weighted by Crippen LogP contribution is 2.35. The first-order chi connectivity index (χ1) is 10.7. The summed E-state index contributed by atoms with van der Waals surface area (Å²) in [6.07, 6.45) is 1.93. The number of rotatable bonds is 7. The molecule has 3 nitrogen and oxygen atoms in total. The first-order valence-electron chi connectivity index (χ1n) is 7.46. The van der Waals surface area contributed by atoms with Crippen LogP contribution >= 0.6 is 0 Å². The van der Waals surface area contributed by atoms with E-state index in [-0.39, 0.29) is 11.8 Å². The third-order valence-electron chi connectivity index (χ3n) is 4.06. The summed E-state index contributed by atoms with van der Waals surface area (Å²) in [6, 6.07) is 15.7. The zero-order chi connectivity index (χ0) is 15.9. The van der Waals surface area contributed by atoms with Crippen molar-refractivity contribution in [2.45, 2.75) is 25.2 Å². The molecule has 0 N–H and O–H groups in total. The maximum absolute atomic E-state index is 11.7. The summed E-state index contributed by atoms with van der Waals surface area (Å²) in [7, 11) is 3.29. The van der Waals surface area contributed by atoms with Gasteiger partial charge in [-0.1, -0.05) is 31.2 Å². The Morgan fingerprint density at radius 3 is 1.68 bits per heavy atom. The molecule has 2 atom stereocenters. The maximum atomic E-state index is 11.7. The highest BCUT2D eigenvalue weighted by atomic mass is 16.5. The lowest BCUT2D eigenvalue weighted by Crippen LogP contribution is -2.12. The standard InChI is InChI=1S/C19H22O3/c1-4-18(14-5-9-16(21-2)10-6-14)19(13-20)15-7-11-17(22-3)12-8-15/h5-13,18-19H,4H2,1-3H3. The SMILES string of the molecule is CCC(c1ccc(OC)cc1)C(C=O)c1ccc(OC)cc1. The van der Waals surface area contributed by atoms with E-state index < -0.39 is 0 Å². The molecule has 2 rings (SSSR count). The van der Waals surface area contributed by atoms with Crippen LogP contribution in [0, 0.1) is 0 Å². The molecule has 0 fully saturated rings. The van der Waals surface area contributed by atoms with Gasteiger partial charge < -0.3 is 14.3 Å². The smallest absolute Gasteiger partial charge is 0.128 e. The van der Waals surface area contributed by atoms with Crippen LogP contribution in [-0.4, -0.2) is 20.5 Å². The van der Waals surface area contributed by atoms with Crippen molar-refractivity contribution in [2.75, 3.05) is 14.2 Å². The Morgan fingerprint density at radius 2 is 1.32 bits per heavy atom. The Morgan fingerprint density at radius 1 is 0.864 bits per heavy atom. The van der Waals surface area contributed by atoms with Crippen LogP contribution in [0.25, 0.3) is 0 Å². The second kappa shape index (κ2) is 7.64. The largest absolute Gasteiger partial charge is 0.497 e. The highest BCUT2D eigenvalue weighted by Gasteiger charge is 2.23. The van der Waals surface area contributed by atoms with Gasteiger partial charge in [-0.25, -0.2) is 0 Å². The van der Waals surface area contributed by atoms with Crippen molar-refractivity contribution in [3.05, 3.63) is 59.7 Å². The van der Waals surface area contributed by atoms with Gasteiger partial charge in [0.15, 0.2) is 0 Å². The van der Waals surface area contributed by atoms with Crippen LogP contribution in [-0.2, 0) is 4.79 Å². The summed E-state index contributed by atoms with van der Waals surface area (Å²) < 4.78 is 10.4. The number of hydrogen-bond donors (Lipinski definition) is 0. The molecule has 22 heavy (non-hydrogen) atoms. The molecule has 2 aromatic carbocycles. The average molecular weight is 298 g/mol. The van der Waals surface area contributed by atoms with Gasteiger partial charge in [-0.05, 0) is 47.7 Å². The summed E-state index contributed by atoms with van der Waals surface area (Å²) >= 11 is 0. The number of aldehydes is 1. The molecule has 0 amide bonds. The van der Waals surface area contributed by atoms with Gasteiger partial charge in [0.2, 0.25) is 0 Å². The van der Waals surface area contributed by atoms with Gasteiger partial charge in [0.05, 0.1) is 14.2 Å². The number of carbonyl (C=O) groups excluding carboxylic acids is 1. The summed E-state index contributed by atoms with van der Waals surface area (Å²) in [5.74, 6) is 1.61. The van der Waals surface area contributed by atoms with Gasteiger partial charge >= 0.3 is 0 Å². The number of carbonyl (C=O) groups is 1. The molecule has 3 heteroatoms. The molecule has 2 aromatic rings. The van der Waals surface area contributed by atoms with E-state index in [0.29, 0.717) is 0 Å². The first-order valence-corrected chi connectivity index (χ1v) is 7.46. The number of benzene rings is 2. The van der Waals surface area contributed by atoms with Crippen molar-refractivity contribution < 1.29 is 14.3 Å². The summed E-state index contributed by atoms with van der Waals surface area (Å²) in [5, 5.41) is 0. The topological polar surface area (TPSA) is 35.5 Å². The minimum absolute atomic E-state index is 0.150. The number of hydrogen-bond acceptors (Lipinski definition) is 3. The molecule has 0 saturated heterocycles. The van der Waals surface area contributed by atoms with Crippen LogP contribution in [0.2, 0.25) is 0 Å². The Hall–Kier alpha value is -2.29. The van der Waals surface area contributed by atoms with E-state index in [1.165, 1.54) is 0 Å². The van der Waals surface area contributed by atoms with E-state index >= 15 is 0 Å². The van der Waals surface area contributed by atoms with E-state index in [4.69, 9.17) is 9.47 Å². The van der Waals surface area contributed by atoms with E-state index in [1.54, 1.807) is 14.2 Å². The molecular weight excluding hydrogens is 276 g/mol. The quantitative estimate of drug-likeness (QED) is 0.719. The first kappa shape index (κ1) is 16.1. The fourth-order valence-corrected chi connectivity index (χ4v) is 2.78. The lowest BCUT2D eigenvalue weighted by atomic mass is 9.80. The molecule has 0 aliphatic rings. The third kappa shape index (κ3) is 3.48. The average Bonchev–Trinajstić information content (AvgIpc) is 2.60. The van der Waals surface area contributed by atoms with Gasteiger partial charge in [-0.3, -0.25) is 0 Å². The van der Waals surface area contributed by atoms with Crippen LogP contribution in [0.1, 0.15) is 36.3 Å². The molecule has 0 spiro atoms. The molecule has 0 aromatic heterocycles. The van der Waals surface area contributed by atoms with Crippen LogP contribution in [0.4, 0.5) is 0 Å². The second-order valence-corrected chi connectivity index (χ2v) is 5.22. The minimum Gasteiger partial charge on any atom is -0.497 e. The van der Waals surface area contributed by atoms with E-state index in [1.807, 2.05) is 48.5 Å². The molecule has 2 unspecified atom stereocenters. The van der Waals surface area contributed by atoms with Gasteiger partial charge in [-0.2, -0.15) is 0 Å². The van der Waals surface area contributed by atoms with E-state index in [0.717, 1.165) is 35.3 Å². The predicted octanol–water partition coefficient (Wildman–Crippen LogP) is 4.18. The second-order valence-electron chi connectivity index (χ2n) is 5.22. The zero-order valence-corrected chi connectivity index (χ0v) is 13.3. The van der Waals surface area contributed by atoms with Crippen LogP contribution in [0.3, 0.4) is 0 Å². The zero-order valence-electron chi connectivity index (χ0n) is 13.3. The maximum Gasteiger partial charge on any atom is 0.128 e. The van der Waals surface area contributed by atoms with Gasteiger partial charge in [0.1, 0.15) is 17.8 Å². The molecule has 0 saturated carbocycles. The van der Waals surface area contributed by atoms with Crippen molar-refractivity contribution in [3.8, 4) is 11.5 Å².